The fraction of sp³-hybridized carbons (Fsp3) is 0.174. The molecule has 0 fully saturated rings. The van der Waals surface area contributed by atoms with E-state index < -0.39 is 36.3 Å². The Morgan fingerprint density at radius 2 is 1.55 bits per heavy atom. The number of carboxylic acid groups (broad SMARTS) is 2. The Kier molecular flexibility index (Phi) is 8.44. The Morgan fingerprint density at radius 1 is 1.00 bits per heavy atom. The van der Waals surface area contributed by atoms with Crippen molar-refractivity contribution in [2.45, 2.75) is 25.8 Å². The highest BCUT2D eigenvalue weighted by atomic mass is 16.5. The van der Waals surface area contributed by atoms with Crippen molar-refractivity contribution in [3.05, 3.63) is 71.3 Å². The van der Waals surface area contributed by atoms with E-state index in [2.05, 4.69) is 5.32 Å². The highest BCUT2D eigenvalue weighted by molar-refractivity contribution is 5.97. The van der Waals surface area contributed by atoms with E-state index in [1.54, 1.807) is 31.2 Å². The van der Waals surface area contributed by atoms with Crippen LogP contribution in [0.4, 0.5) is 0 Å². The molecule has 2 aromatic carbocycles. The number of hydrogen-bond acceptors (Lipinski definition) is 6. The molecule has 0 aromatic heterocycles. The van der Waals surface area contributed by atoms with Crippen LogP contribution in [0.25, 0.3) is 5.57 Å². The molecule has 0 aliphatic carbocycles. The number of benzene rings is 2. The molecule has 0 radical (unpaired) electrons. The summed E-state index contributed by atoms with van der Waals surface area (Å²) in [5, 5.41) is 27.4. The number of nitrogen functional groups attached to an aromatic ring is 1. The van der Waals surface area contributed by atoms with Crippen LogP contribution in [-0.4, -0.2) is 45.9 Å². The van der Waals surface area contributed by atoms with Crippen molar-refractivity contribution in [3.8, 4) is 5.75 Å². The van der Waals surface area contributed by atoms with Gasteiger partial charge >= 0.3 is 17.9 Å². The Labute approximate surface area is 189 Å². The molecule has 1 atom stereocenters. The van der Waals surface area contributed by atoms with Gasteiger partial charge in [-0.15, -0.1) is 0 Å². The number of aliphatic carboxylic acids is 2. The van der Waals surface area contributed by atoms with E-state index in [1.165, 1.54) is 30.3 Å². The summed E-state index contributed by atoms with van der Waals surface area (Å²) in [4.78, 5) is 46.3. The quantitative estimate of drug-likeness (QED) is 0.119. The van der Waals surface area contributed by atoms with Gasteiger partial charge in [0.1, 0.15) is 17.6 Å². The van der Waals surface area contributed by atoms with Crippen molar-refractivity contribution in [2.24, 2.45) is 5.73 Å². The zero-order valence-corrected chi connectivity index (χ0v) is 17.7. The van der Waals surface area contributed by atoms with Crippen molar-refractivity contribution in [1.82, 2.24) is 5.32 Å². The number of amides is 1. The fourth-order valence-electron chi connectivity index (χ4n) is 2.76. The molecule has 0 bridgehead atoms. The Balaban J connectivity index is 2.02. The minimum atomic E-state index is -1.32. The van der Waals surface area contributed by atoms with Crippen LogP contribution in [-0.2, 0) is 14.4 Å². The lowest BCUT2D eigenvalue weighted by molar-refractivity contribution is -0.142. The maximum absolute atomic E-state index is 12.3. The number of ether oxygens (including phenoxy) is 1. The van der Waals surface area contributed by atoms with Crippen LogP contribution in [0.15, 0.2) is 54.6 Å². The second kappa shape index (κ2) is 11.2. The number of allylic oxidation sites excluding steroid dienone is 1. The molecule has 2 aromatic rings. The lowest BCUT2D eigenvalue weighted by atomic mass is 10.0. The number of amidine groups is 1. The molecule has 1 unspecified atom stereocenters. The van der Waals surface area contributed by atoms with Gasteiger partial charge in [-0.2, -0.15) is 0 Å². The van der Waals surface area contributed by atoms with Gasteiger partial charge in [-0.05, 0) is 60.9 Å². The Morgan fingerprint density at radius 3 is 2.06 bits per heavy atom. The number of hydrogen-bond donors (Lipinski definition) is 5. The maximum Gasteiger partial charge on any atom is 0.343 e. The molecule has 0 heterocycles. The number of nitrogens with one attached hydrogen (secondary N) is 2. The van der Waals surface area contributed by atoms with E-state index in [1.807, 2.05) is 0 Å². The third-order valence-corrected chi connectivity index (χ3v) is 4.56. The van der Waals surface area contributed by atoms with Crippen molar-refractivity contribution in [1.29, 1.82) is 5.41 Å². The summed E-state index contributed by atoms with van der Waals surface area (Å²) in [7, 11) is 0. The average molecular weight is 453 g/mol. The first-order valence-electron chi connectivity index (χ1n) is 9.77. The molecule has 1 amide bonds. The second-order valence-corrected chi connectivity index (χ2v) is 7.06. The van der Waals surface area contributed by atoms with E-state index in [0.29, 0.717) is 16.7 Å². The summed E-state index contributed by atoms with van der Waals surface area (Å²) in [5.41, 5.74) is 7.28. The molecule has 2 rings (SSSR count). The normalized spacial score (nSPS) is 11.8. The van der Waals surface area contributed by atoms with Crippen LogP contribution in [0.2, 0.25) is 0 Å². The van der Waals surface area contributed by atoms with Crippen molar-refractivity contribution >= 4 is 35.2 Å². The SMILES string of the molecule is C/C(=C\C(=O)NC(CCC(=O)O)C(=O)O)c1ccc(C(=O)Oc2ccc(C(=N)N)cc2)cc1. The highest BCUT2D eigenvalue weighted by Crippen LogP contribution is 2.17. The number of carboxylic acids is 2. The second-order valence-electron chi connectivity index (χ2n) is 7.06. The maximum atomic E-state index is 12.3. The molecular weight excluding hydrogens is 430 g/mol. The van der Waals surface area contributed by atoms with Crippen LogP contribution in [0.3, 0.4) is 0 Å². The third kappa shape index (κ3) is 7.62. The lowest BCUT2D eigenvalue weighted by Gasteiger charge is -2.12. The summed E-state index contributed by atoms with van der Waals surface area (Å²) in [6.07, 6.45) is 0.566. The van der Waals surface area contributed by atoms with Crippen molar-refractivity contribution in [3.63, 3.8) is 0 Å². The molecule has 6 N–H and O–H groups in total. The van der Waals surface area contributed by atoms with Crippen molar-refractivity contribution in [2.75, 3.05) is 0 Å². The van der Waals surface area contributed by atoms with Gasteiger partial charge < -0.3 is 26.0 Å². The number of esters is 1. The third-order valence-electron chi connectivity index (χ3n) is 4.56. The van der Waals surface area contributed by atoms with Gasteiger partial charge in [0.2, 0.25) is 5.91 Å². The van der Waals surface area contributed by atoms with E-state index in [4.69, 9.17) is 26.1 Å². The zero-order chi connectivity index (χ0) is 24.5. The van der Waals surface area contributed by atoms with Crippen LogP contribution < -0.4 is 15.8 Å². The molecule has 0 saturated heterocycles. The first-order chi connectivity index (χ1) is 15.6. The summed E-state index contributed by atoms with van der Waals surface area (Å²) >= 11 is 0. The number of carbonyl (C=O) groups is 4. The standard InChI is InChI=1S/C23H23N3O7/c1-13(12-19(27)26-18(22(30)31)10-11-20(28)29)14-2-4-16(5-3-14)23(32)33-17-8-6-15(7-9-17)21(24)25/h2-9,12,18H,10-11H2,1H3,(H3,24,25)(H,26,27)(H,28,29)(H,30,31)/b13-12+. The molecule has 172 valence electrons. The van der Waals surface area contributed by atoms with Crippen LogP contribution in [0, 0.1) is 5.41 Å². The molecule has 0 aliphatic rings. The molecule has 0 spiro atoms. The summed E-state index contributed by atoms with van der Waals surface area (Å²) in [5.74, 6) is -3.57. The van der Waals surface area contributed by atoms with Gasteiger partial charge in [-0.1, -0.05) is 12.1 Å². The topological polar surface area (TPSA) is 180 Å². The monoisotopic (exact) mass is 453 g/mol. The van der Waals surface area contributed by atoms with E-state index in [-0.39, 0.29) is 23.6 Å². The minimum absolute atomic E-state index is 0.0979. The molecule has 0 aliphatic heterocycles. The van der Waals surface area contributed by atoms with E-state index in [0.717, 1.165) is 0 Å². The summed E-state index contributed by atoms with van der Waals surface area (Å²) in [6, 6.07) is 11.1. The minimum Gasteiger partial charge on any atom is -0.481 e. The lowest BCUT2D eigenvalue weighted by Crippen LogP contribution is -2.40. The largest absolute Gasteiger partial charge is 0.481 e. The van der Waals surface area contributed by atoms with Crippen molar-refractivity contribution < 1.29 is 34.1 Å². The molecule has 10 nitrogen and oxygen atoms in total. The Bertz CT molecular complexity index is 1090. The molecule has 33 heavy (non-hydrogen) atoms. The Hall–Kier alpha value is -4.47. The molecule has 10 heteroatoms. The van der Waals surface area contributed by atoms with Crippen LogP contribution >= 0.6 is 0 Å². The smallest absolute Gasteiger partial charge is 0.343 e. The first-order valence-corrected chi connectivity index (χ1v) is 9.77. The first kappa shape index (κ1) is 24.8. The number of rotatable bonds is 10. The van der Waals surface area contributed by atoms with Gasteiger partial charge in [0.05, 0.1) is 5.56 Å². The predicted molar refractivity (Wildman–Crippen MR) is 119 cm³/mol. The molecular formula is C23H23N3O7. The van der Waals surface area contributed by atoms with Gasteiger partial charge in [0, 0.05) is 18.1 Å². The highest BCUT2D eigenvalue weighted by Gasteiger charge is 2.20. The summed E-state index contributed by atoms with van der Waals surface area (Å²) in [6.45, 7) is 1.64. The number of nitrogens with two attached hydrogens (primary N) is 1. The van der Waals surface area contributed by atoms with E-state index in [9.17, 15) is 19.2 Å². The fourth-order valence-corrected chi connectivity index (χ4v) is 2.76. The predicted octanol–water partition coefficient (Wildman–Crippen LogP) is 2.03. The van der Waals surface area contributed by atoms with Crippen LogP contribution in [0.5, 0.6) is 5.75 Å². The van der Waals surface area contributed by atoms with E-state index >= 15 is 0 Å². The number of carbonyl (C=O) groups excluding carboxylic acids is 2. The van der Waals surface area contributed by atoms with Gasteiger partial charge in [0.15, 0.2) is 0 Å². The summed E-state index contributed by atoms with van der Waals surface area (Å²) < 4.78 is 5.28. The van der Waals surface area contributed by atoms with Gasteiger partial charge in [-0.25, -0.2) is 9.59 Å². The van der Waals surface area contributed by atoms with Gasteiger partial charge in [-0.3, -0.25) is 15.0 Å². The molecule has 0 saturated carbocycles. The zero-order valence-electron chi connectivity index (χ0n) is 17.7. The van der Waals surface area contributed by atoms with Crippen LogP contribution in [0.1, 0.15) is 41.3 Å². The average Bonchev–Trinajstić information content (AvgIpc) is 2.76. The van der Waals surface area contributed by atoms with Gasteiger partial charge in [0.25, 0.3) is 0 Å².